The lowest BCUT2D eigenvalue weighted by Gasteiger charge is -2.28. The number of likely N-dealkylation sites (tertiary alicyclic amines) is 1. The van der Waals surface area contributed by atoms with E-state index >= 15 is 0 Å². The Morgan fingerprint density at radius 1 is 0.941 bits per heavy atom. The van der Waals surface area contributed by atoms with Gasteiger partial charge in [-0.05, 0) is 47.9 Å². The first-order valence-electron chi connectivity index (χ1n) is 12.1. The van der Waals surface area contributed by atoms with Crippen molar-refractivity contribution < 1.29 is 4.79 Å². The summed E-state index contributed by atoms with van der Waals surface area (Å²) in [4.78, 5) is 30.3. The molecule has 5 rings (SSSR count). The minimum atomic E-state index is 0.0302. The predicted molar refractivity (Wildman–Crippen MR) is 135 cm³/mol. The maximum atomic E-state index is 12.9. The zero-order chi connectivity index (χ0) is 23.7. The molecule has 174 valence electrons. The Morgan fingerprint density at radius 3 is 2.15 bits per heavy atom. The van der Waals surface area contributed by atoms with E-state index in [1.54, 1.807) is 6.33 Å². The summed E-state index contributed by atoms with van der Waals surface area (Å²) in [7, 11) is 0. The van der Waals surface area contributed by atoms with E-state index in [-0.39, 0.29) is 18.0 Å². The third-order valence-electron chi connectivity index (χ3n) is 6.67. The molecule has 1 aliphatic rings. The molecule has 0 saturated carbocycles. The van der Waals surface area contributed by atoms with Crippen molar-refractivity contribution in [3.8, 4) is 33.6 Å². The number of benzene rings is 2. The van der Waals surface area contributed by atoms with Crippen LogP contribution in [0.15, 0.2) is 67.3 Å². The summed E-state index contributed by atoms with van der Waals surface area (Å²) >= 11 is 0. The van der Waals surface area contributed by atoms with Crippen LogP contribution in [0.2, 0.25) is 0 Å². The Morgan fingerprint density at radius 2 is 1.56 bits per heavy atom. The normalized spacial score (nSPS) is 18.1. The van der Waals surface area contributed by atoms with Gasteiger partial charge in [0.2, 0.25) is 5.91 Å². The standard InChI is InChI=1S/C28H31N5O/c1-18(2)14-27(34)33-19(3)4-13-26(33)28-30-16-25(32-28)23-11-7-21(8-12-23)20-5-9-22(10-6-20)24-15-29-17-31-24/h5-12,15-19,26H,4,13-14H2,1-3H3,(H,29,31)(H,30,32)/t19-,26+/m1/s1. The lowest BCUT2D eigenvalue weighted by Crippen LogP contribution is -2.36. The fourth-order valence-electron chi connectivity index (χ4n) is 4.88. The van der Waals surface area contributed by atoms with Gasteiger partial charge in [-0.3, -0.25) is 4.79 Å². The fourth-order valence-corrected chi connectivity index (χ4v) is 4.88. The van der Waals surface area contributed by atoms with E-state index in [9.17, 15) is 4.79 Å². The number of nitrogens with one attached hydrogen (secondary N) is 2. The number of H-pyrrole nitrogens is 2. The molecule has 0 aliphatic carbocycles. The summed E-state index contributed by atoms with van der Waals surface area (Å²) < 4.78 is 0. The van der Waals surface area contributed by atoms with Gasteiger partial charge in [-0.25, -0.2) is 9.97 Å². The molecule has 0 unspecified atom stereocenters. The number of amides is 1. The van der Waals surface area contributed by atoms with Gasteiger partial charge in [-0.1, -0.05) is 62.4 Å². The average molecular weight is 454 g/mol. The molecule has 0 spiro atoms. The number of carbonyl (C=O) groups is 1. The molecule has 2 aromatic carbocycles. The van der Waals surface area contributed by atoms with Gasteiger partial charge in [-0.15, -0.1) is 0 Å². The van der Waals surface area contributed by atoms with Gasteiger partial charge in [0, 0.05) is 12.5 Å². The third-order valence-corrected chi connectivity index (χ3v) is 6.67. The molecule has 0 radical (unpaired) electrons. The molecule has 3 heterocycles. The molecular weight excluding hydrogens is 422 g/mol. The number of imidazole rings is 2. The zero-order valence-electron chi connectivity index (χ0n) is 20.0. The monoisotopic (exact) mass is 453 g/mol. The van der Waals surface area contributed by atoms with Crippen molar-refractivity contribution in [2.45, 2.75) is 52.1 Å². The van der Waals surface area contributed by atoms with Crippen LogP contribution in [0.1, 0.15) is 51.9 Å². The van der Waals surface area contributed by atoms with Gasteiger partial charge in [-0.2, -0.15) is 0 Å². The summed E-state index contributed by atoms with van der Waals surface area (Å²) in [6, 6.07) is 17.3. The van der Waals surface area contributed by atoms with Gasteiger partial charge < -0.3 is 14.9 Å². The SMILES string of the molecule is CC(C)CC(=O)N1[C@H](C)CC[C@H]1c1ncc(-c2ccc(-c3ccc(-c4cnc[nH]4)cc3)cc2)[nH]1. The van der Waals surface area contributed by atoms with Crippen LogP contribution in [0.3, 0.4) is 0 Å². The highest BCUT2D eigenvalue weighted by molar-refractivity contribution is 5.77. The van der Waals surface area contributed by atoms with Crippen molar-refractivity contribution in [2.75, 3.05) is 0 Å². The molecule has 2 atom stereocenters. The van der Waals surface area contributed by atoms with Crippen LogP contribution in [-0.2, 0) is 4.79 Å². The molecule has 6 heteroatoms. The Bertz CT molecular complexity index is 1240. The summed E-state index contributed by atoms with van der Waals surface area (Å²) in [5, 5.41) is 0. The van der Waals surface area contributed by atoms with Crippen LogP contribution >= 0.6 is 0 Å². The van der Waals surface area contributed by atoms with E-state index in [1.165, 1.54) is 5.56 Å². The van der Waals surface area contributed by atoms with Gasteiger partial charge in [0.1, 0.15) is 5.82 Å². The van der Waals surface area contributed by atoms with Crippen molar-refractivity contribution in [2.24, 2.45) is 5.92 Å². The quantitative estimate of drug-likeness (QED) is 0.363. The molecule has 1 amide bonds. The van der Waals surface area contributed by atoms with Crippen LogP contribution in [0.4, 0.5) is 0 Å². The van der Waals surface area contributed by atoms with E-state index in [0.29, 0.717) is 12.3 Å². The summed E-state index contributed by atoms with van der Waals surface area (Å²) in [5.74, 6) is 1.47. The molecule has 1 saturated heterocycles. The average Bonchev–Trinajstić information content (AvgIpc) is 3.60. The Kier molecular flexibility index (Phi) is 6.05. The first-order valence-corrected chi connectivity index (χ1v) is 12.1. The molecule has 6 nitrogen and oxygen atoms in total. The number of rotatable bonds is 6. The van der Waals surface area contributed by atoms with E-state index in [1.807, 2.05) is 17.3 Å². The van der Waals surface area contributed by atoms with Crippen molar-refractivity contribution in [1.29, 1.82) is 0 Å². The molecule has 1 fully saturated rings. The van der Waals surface area contributed by atoms with Gasteiger partial charge >= 0.3 is 0 Å². The lowest BCUT2D eigenvalue weighted by molar-refractivity contribution is -0.134. The highest BCUT2D eigenvalue weighted by Gasteiger charge is 2.36. The molecule has 1 aliphatic heterocycles. The first-order chi connectivity index (χ1) is 16.5. The maximum Gasteiger partial charge on any atom is 0.223 e. The largest absolute Gasteiger partial charge is 0.345 e. The molecule has 34 heavy (non-hydrogen) atoms. The first kappa shape index (κ1) is 22.1. The second-order valence-electron chi connectivity index (χ2n) is 9.64. The third kappa shape index (κ3) is 4.40. The van der Waals surface area contributed by atoms with Crippen molar-refractivity contribution >= 4 is 5.91 Å². The molecule has 4 aromatic rings. The topological polar surface area (TPSA) is 77.7 Å². The summed E-state index contributed by atoms with van der Waals surface area (Å²) in [6.07, 6.45) is 7.95. The Balaban J connectivity index is 1.32. The number of aromatic nitrogens is 4. The number of hydrogen-bond acceptors (Lipinski definition) is 3. The van der Waals surface area contributed by atoms with Crippen molar-refractivity contribution in [3.05, 3.63) is 73.1 Å². The van der Waals surface area contributed by atoms with Gasteiger partial charge in [0.15, 0.2) is 0 Å². The maximum absolute atomic E-state index is 12.9. The Labute approximate surface area is 200 Å². The lowest BCUT2D eigenvalue weighted by atomic mass is 10.0. The minimum Gasteiger partial charge on any atom is -0.345 e. The molecule has 2 N–H and O–H groups in total. The van der Waals surface area contributed by atoms with E-state index in [2.05, 4.69) is 89.2 Å². The smallest absolute Gasteiger partial charge is 0.223 e. The Hall–Kier alpha value is -3.67. The van der Waals surface area contributed by atoms with E-state index in [4.69, 9.17) is 0 Å². The van der Waals surface area contributed by atoms with Crippen LogP contribution in [0.5, 0.6) is 0 Å². The highest BCUT2D eigenvalue weighted by Crippen LogP contribution is 2.36. The van der Waals surface area contributed by atoms with E-state index in [0.717, 1.165) is 46.7 Å². The number of hydrogen-bond donors (Lipinski definition) is 2. The van der Waals surface area contributed by atoms with Crippen LogP contribution in [-0.4, -0.2) is 36.8 Å². The fraction of sp³-hybridized carbons (Fsp3) is 0.321. The van der Waals surface area contributed by atoms with E-state index < -0.39 is 0 Å². The van der Waals surface area contributed by atoms with Crippen LogP contribution < -0.4 is 0 Å². The second-order valence-corrected chi connectivity index (χ2v) is 9.64. The minimum absolute atomic E-state index is 0.0302. The molecule has 0 bridgehead atoms. The number of nitrogens with zero attached hydrogens (tertiary/aromatic N) is 3. The van der Waals surface area contributed by atoms with Gasteiger partial charge in [0.05, 0.1) is 36.2 Å². The highest BCUT2D eigenvalue weighted by atomic mass is 16.2. The zero-order valence-corrected chi connectivity index (χ0v) is 20.0. The summed E-state index contributed by atoms with van der Waals surface area (Å²) in [5.41, 5.74) is 6.52. The number of carbonyl (C=O) groups excluding carboxylic acids is 1. The molecular formula is C28H31N5O. The molecule has 2 aromatic heterocycles. The number of aromatic amines is 2. The van der Waals surface area contributed by atoms with Crippen molar-refractivity contribution in [3.63, 3.8) is 0 Å². The van der Waals surface area contributed by atoms with Crippen LogP contribution in [0.25, 0.3) is 33.6 Å². The second kappa shape index (κ2) is 9.29. The van der Waals surface area contributed by atoms with Gasteiger partial charge in [0.25, 0.3) is 0 Å². The van der Waals surface area contributed by atoms with Crippen LogP contribution in [0, 0.1) is 5.92 Å². The summed E-state index contributed by atoms with van der Waals surface area (Å²) in [6.45, 7) is 6.33. The van der Waals surface area contributed by atoms with Crippen molar-refractivity contribution in [1.82, 2.24) is 24.8 Å². The predicted octanol–water partition coefficient (Wildman–Crippen LogP) is 6.23.